The number of nitrogens with one attached hydrogen (secondary N) is 3. The molecule has 4 rings (SSSR count). The molecule has 1 aliphatic heterocycles. The molecule has 0 spiro atoms. The molecule has 10 nitrogen and oxygen atoms in total. The van der Waals surface area contributed by atoms with E-state index in [9.17, 15) is 14.4 Å². The molecule has 0 bridgehead atoms. The van der Waals surface area contributed by atoms with Gasteiger partial charge in [-0.05, 0) is 48.0 Å². The van der Waals surface area contributed by atoms with Crippen molar-refractivity contribution >= 4 is 29.1 Å². The molecule has 2 heterocycles. The van der Waals surface area contributed by atoms with E-state index in [0.717, 1.165) is 5.56 Å². The van der Waals surface area contributed by atoms with Gasteiger partial charge in [0.1, 0.15) is 6.04 Å². The summed E-state index contributed by atoms with van der Waals surface area (Å²) in [4.78, 5) is 38.4. The van der Waals surface area contributed by atoms with E-state index in [-0.39, 0.29) is 30.6 Å². The number of amides is 3. The van der Waals surface area contributed by atoms with Crippen LogP contribution in [-0.2, 0) is 16.6 Å². The van der Waals surface area contributed by atoms with Gasteiger partial charge in [-0.25, -0.2) is 0 Å². The molecule has 0 aliphatic carbocycles. The number of anilines is 2. The fourth-order valence-electron chi connectivity index (χ4n) is 3.12. The van der Waals surface area contributed by atoms with E-state index in [2.05, 4.69) is 31.4 Å². The van der Waals surface area contributed by atoms with Gasteiger partial charge in [0, 0.05) is 17.7 Å². The third-order valence-corrected chi connectivity index (χ3v) is 4.65. The summed E-state index contributed by atoms with van der Waals surface area (Å²) in [5, 5.41) is 20.0. The Morgan fingerprint density at radius 3 is 2.63 bits per heavy atom. The first-order valence-electron chi connectivity index (χ1n) is 9.34. The van der Waals surface area contributed by atoms with Crippen LogP contribution in [0.1, 0.15) is 23.2 Å². The number of aromatic nitrogens is 4. The van der Waals surface area contributed by atoms with E-state index in [1.54, 1.807) is 55.6 Å². The molecule has 3 N–H and O–H groups in total. The number of nitrogens with zero attached hydrogens (tertiary/aromatic N) is 4. The Balaban J connectivity index is 1.33. The van der Waals surface area contributed by atoms with Crippen LogP contribution in [0.4, 0.5) is 11.4 Å². The second-order valence-electron chi connectivity index (χ2n) is 6.83. The van der Waals surface area contributed by atoms with Crippen LogP contribution in [0.2, 0.25) is 0 Å². The van der Waals surface area contributed by atoms with E-state index in [0.29, 0.717) is 22.8 Å². The predicted octanol–water partition coefficient (Wildman–Crippen LogP) is 1.35. The van der Waals surface area contributed by atoms with Gasteiger partial charge in [-0.15, -0.1) is 10.2 Å². The minimum Gasteiger partial charge on any atom is -0.340 e. The summed E-state index contributed by atoms with van der Waals surface area (Å²) < 4.78 is 0. The maximum Gasteiger partial charge on any atom is 0.254 e. The van der Waals surface area contributed by atoms with Crippen molar-refractivity contribution in [1.82, 2.24) is 25.5 Å². The van der Waals surface area contributed by atoms with Crippen molar-refractivity contribution in [2.75, 3.05) is 10.6 Å². The zero-order valence-corrected chi connectivity index (χ0v) is 16.1. The number of para-hydroxylation sites is 1. The highest BCUT2D eigenvalue weighted by Gasteiger charge is 2.27. The molecule has 10 heteroatoms. The number of aryl methyl sites for hydroxylation is 1. The van der Waals surface area contributed by atoms with Crippen molar-refractivity contribution in [3.8, 4) is 11.4 Å². The SMILES string of the molecule is Cn1nnc(-c2ccc(NC(=O)CC[C@@H]3NC(=O)c4ccccc4NC3=O)cc2)n1. The molecule has 0 saturated heterocycles. The van der Waals surface area contributed by atoms with E-state index >= 15 is 0 Å². The number of tetrazole rings is 1. The fourth-order valence-corrected chi connectivity index (χ4v) is 3.12. The number of carbonyl (C=O) groups excluding carboxylic acids is 3. The highest BCUT2D eigenvalue weighted by atomic mass is 16.2. The molecule has 152 valence electrons. The first kappa shape index (κ1) is 19.2. The molecule has 2 aromatic carbocycles. The Labute approximate surface area is 171 Å². The van der Waals surface area contributed by atoms with Gasteiger partial charge in [-0.2, -0.15) is 4.80 Å². The van der Waals surface area contributed by atoms with Gasteiger partial charge >= 0.3 is 0 Å². The molecule has 0 radical (unpaired) electrons. The molecule has 1 aromatic heterocycles. The lowest BCUT2D eigenvalue weighted by molar-refractivity contribution is -0.118. The lowest BCUT2D eigenvalue weighted by atomic mass is 10.1. The third kappa shape index (κ3) is 4.17. The zero-order valence-electron chi connectivity index (χ0n) is 16.1. The standard InChI is InChI=1S/C20H19N7O3/c1-27-25-18(24-26-27)12-6-8-13(9-7-12)21-17(28)11-10-16-20(30)22-15-5-3-2-4-14(15)19(29)23-16/h2-9,16H,10-11H2,1H3,(H,21,28)(H,22,30)(H,23,29)/t16-/m0/s1. The van der Waals surface area contributed by atoms with Gasteiger partial charge < -0.3 is 16.0 Å². The molecule has 30 heavy (non-hydrogen) atoms. The van der Waals surface area contributed by atoms with Crippen LogP contribution in [0.25, 0.3) is 11.4 Å². The first-order chi connectivity index (χ1) is 14.5. The molecular formula is C20H19N7O3. The number of hydrogen-bond acceptors (Lipinski definition) is 6. The van der Waals surface area contributed by atoms with Crippen LogP contribution in [0, 0.1) is 0 Å². The minimum atomic E-state index is -0.791. The summed E-state index contributed by atoms with van der Waals surface area (Å²) in [6.07, 6.45) is 0.251. The van der Waals surface area contributed by atoms with E-state index < -0.39 is 6.04 Å². The fraction of sp³-hybridized carbons (Fsp3) is 0.200. The van der Waals surface area contributed by atoms with Crippen molar-refractivity contribution in [3.05, 3.63) is 54.1 Å². The average molecular weight is 405 g/mol. The van der Waals surface area contributed by atoms with Gasteiger partial charge in [0.05, 0.1) is 18.3 Å². The topological polar surface area (TPSA) is 131 Å². The van der Waals surface area contributed by atoms with Gasteiger partial charge in [0.15, 0.2) is 0 Å². The Kier molecular flexibility index (Phi) is 5.21. The Hall–Kier alpha value is -4.08. The third-order valence-electron chi connectivity index (χ3n) is 4.65. The highest BCUT2D eigenvalue weighted by Crippen LogP contribution is 2.20. The summed E-state index contributed by atoms with van der Waals surface area (Å²) in [6, 6.07) is 13.0. The Morgan fingerprint density at radius 1 is 1.13 bits per heavy atom. The maximum absolute atomic E-state index is 12.4. The van der Waals surface area contributed by atoms with Crippen LogP contribution in [0.15, 0.2) is 48.5 Å². The molecule has 3 amide bonds. The monoisotopic (exact) mass is 405 g/mol. The van der Waals surface area contributed by atoms with Crippen LogP contribution in [-0.4, -0.2) is 44.0 Å². The quantitative estimate of drug-likeness (QED) is 0.587. The first-order valence-corrected chi connectivity index (χ1v) is 9.34. The summed E-state index contributed by atoms with van der Waals surface area (Å²) in [7, 11) is 1.68. The zero-order chi connectivity index (χ0) is 21.1. The summed E-state index contributed by atoms with van der Waals surface area (Å²) in [5.41, 5.74) is 2.24. The van der Waals surface area contributed by atoms with Crippen molar-refractivity contribution in [2.24, 2.45) is 7.05 Å². The molecule has 1 atom stereocenters. The summed E-state index contributed by atoms with van der Waals surface area (Å²) in [6.45, 7) is 0. The van der Waals surface area contributed by atoms with Crippen LogP contribution in [0.5, 0.6) is 0 Å². The number of benzene rings is 2. The van der Waals surface area contributed by atoms with Crippen molar-refractivity contribution in [1.29, 1.82) is 0 Å². The van der Waals surface area contributed by atoms with Gasteiger partial charge in [-0.3, -0.25) is 14.4 Å². The molecule has 3 aromatic rings. The summed E-state index contributed by atoms with van der Waals surface area (Å²) >= 11 is 0. The van der Waals surface area contributed by atoms with Crippen molar-refractivity contribution in [3.63, 3.8) is 0 Å². The van der Waals surface area contributed by atoms with E-state index in [4.69, 9.17) is 0 Å². The molecule has 0 saturated carbocycles. The number of fused-ring (bicyclic) bond motifs is 1. The number of rotatable bonds is 5. The largest absolute Gasteiger partial charge is 0.340 e. The average Bonchev–Trinajstić information content (AvgIpc) is 3.13. The normalized spacial score (nSPS) is 15.6. The van der Waals surface area contributed by atoms with Gasteiger partial charge in [0.25, 0.3) is 5.91 Å². The molecular weight excluding hydrogens is 386 g/mol. The Morgan fingerprint density at radius 2 is 1.90 bits per heavy atom. The maximum atomic E-state index is 12.4. The molecule has 1 aliphatic rings. The lowest BCUT2D eigenvalue weighted by Crippen LogP contribution is -2.41. The van der Waals surface area contributed by atoms with Crippen LogP contribution in [0.3, 0.4) is 0 Å². The molecule has 0 fully saturated rings. The highest BCUT2D eigenvalue weighted by molar-refractivity contribution is 6.10. The Bertz CT molecular complexity index is 1110. The van der Waals surface area contributed by atoms with Gasteiger partial charge in [0.2, 0.25) is 17.6 Å². The van der Waals surface area contributed by atoms with E-state index in [1.165, 1.54) is 4.80 Å². The predicted molar refractivity (Wildman–Crippen MR) is 108 cm³/mol. The number of hydrogen-bond donors (Lipinski definition) is 3. The number of carbonyl (C=O) groups is 3. The second kappa shape index (κ2) is 8.11. The van der Waals surface area contributed by atoms with Crippen molar-refractivity contribution in [2.45, 2.75) is 18.9 Å². The minimum absolute atomic E-state index is 0.0716. The van der Waals surface area contributed by atoms with Crippen LogP contribution >= 0.6 is 0 Å². The van der Waals surface area contributed by atoms with Gasteiger partial charge in [-0.1, -0.05) is 12.1 Å². The smallest absolute Gasteiger partial charge is 0.254 e. The second-order valence-corrected chi connectivity index (χ2v) is 6.83. The lowest BCUT2D eigenvalue weighted by Gasteiger charge is -2.14. The van der Waals surface area contributed by atoms with Crippen LogP contribution < -0.4 is 16.0 Å². The summed E-state index contributed by atoms with van der Waals surface area (Å²) in [5.74, 6) is -0.458. The van der Waals surface area contributed by atoms with Crippen molar-refractivity contribution < 1.29 is 14.4 Å². The molecule has 0 unspecified atom stereocenters. The van der Waals surface area contributed by atoms with E-state index in [1.807, 2.05) is 0 Å².